The minimum atomic E-state index is -0.371. The van der Waals surface area contributed by atoms with Gasteiger partial charge in [-0.25, -0.2) is 0 Å². The third-order valence-corrected chi connectivity index (χ3v) is 5.60. The van der Waals surface area contributed by atoms with Gasteiger partial charge in [0.15, 0.2) is 0 Å². The lowest BCUT2D eigenvalue weighted by atomic mass is 9.89. The standard InChI is InChI=1S/C23H19Cl2NO/c24-20-9-5-17(6-10-20)22(18-7-11-21(25)12-8-18)23(27)26-14-13-16-3-1-2-4-19(16)15-26/h1-12,22H,13-15H2. The Morgan fingerprint density at radius 2 is 1.30 bits per heavy atom. The van der Waals surface area contributed by atoms with E-state index in [9.17, 15) is 4.79 Å². The fourth-order valence-corrected chi connectivity index (χ4v) is 3.91. The van der Waals surface area contributed by atoms with E-state index in [4.69, 9.17) is 23.2 Å². The SMILES string of the molecule is O=C(C(c1ccc(Cl)cc1)c1ccc(Cl)cc1)N1CCc2ccccc2C1. The number of halogens is 2. The van der Waals surface area contributed by atoms with Crippen molar-refractivity contribution >= 4 is 29.1 Å². The molecule has 0 saturated carbocycles. The third kappa shape index (κ3) is 3.87. The van der Waals surface area contributed by atoms with E-state index in [0.29, 0.717) is 16.6 Å². The van der Waals surface area contributed by atoms with Crippen molar-refractivity contribution in [1.82, 2.24) is 4.90 Å². The van der Waals surface area contributed by atoms with Crippen LogP contribution in [0.25, 0.3) is 0 Å². The minimum Gasteiger partial charge on any atom is -0.337 e. The van der Waals surface area contributed by atoms with Gasteiger partial charge in [0.2, 0.25) is 5.91 Å². The van der Waals surface area contributed by atoms with Gasteiger partial charge in [-0.05, 0) is 52.9 Å². The monoisotopic (exact) mass is 395 g/mol. The van der Waals surface area contributed by atoms with Crippen molar-refractivity contribution in [3.8, 4) is 0 Å². The lowest BCUT2D eigenvalue weighted by Crippen LogP contribution is -2.39. The molecule has 0 fully saturated rings. The van der Waals surface area contributed by atoms with E-state index in [1.165, 1.54) is 11.1 Å². The summed E-state index contributed by atoms with van der Waals surface area (Å²) >= 11 is 12.1. The summed E-state index contributed by atoms with van der Waals surface area (Å²) in [5, 5.41) is 1.32. The second-order valence-corrected chi connectivity index (χ2v) is 7.69. The lowest BCUT2D eigenvalue weighted by molar-refractivity contribution is -0.132. The molecule has 136 valence electrons. The molecule has 0 N–H and O–H groups in total. The minimum absolute atomic E-state index is 0.106. The zero-order valence-corrected chi connectivity index (χ0v) is 16.3. The molecule has 27 heavy (non-hydrogen) atoms. The van der Waals surface area contributed by atoms with Gasteiger partial charge in [-0.1, -0.05) is 71.7 Å². The first-order valence-corrected chi connectivity index (χ1v) is 9.74. The van der Waals surface area contributed by atoms with Crippen molar-refractivity contribution in [3.05, 3.63) is 105 Å². The number of benzene rings is 3. The highest BCUT2D eigenvalue weighted by atomic mass is 35.5. The predicted octanol–water partition coefficient (Wildman–Crippen LogP) is 5.71. The zero-order chi connectivity index (χ0) is 18.8. The molecule has 0 saturated heterocycles. The maximum atomic E-state index is 13.5. The molecule has 1 amide bonds. The van der Waals surface area contributed by atoms with Gasteiger partial charge in [0.05, 0.1) is 5.92 Å². The van der Waals surface area contributed by atoms with Crippen molar-refractivity contribution in [2.45, 2.75) is 18.9 Å². The Morgan fingerprint density at radius 3 is 1.85 bits per heavy atom. The van der Waals surface area contributed by atoms with E-state index < -0.39 is 0 Å². The summed E-state index contributed by atoms with van der Waals surface area (Å²) in [4.78, 5) is 15.5. The Morgan fingerprint density at radius 1 is 0.778 bits per heavy atom. The van der Waals surface area contributed by atoms with Crippen LogP contribution in [0.4, 0.5) is 0 Å². The summed E-state index contributed by atoms with van der Waals surface area (Å²) in [5.41, 5.74) is 4.43. The number of fused-ring (bicyclic) bond motifs is 1. The predicted molar refractivity (Wildman–Crippen MR) is 110 cm³/mol. The highest BCUT2D eigenvalue weighted by Gasteiger charge is 2.29. The summed E-state index contributed by atoms with van der Waals surface area (Å²) in [6, 6.07) is 23.4. The van der Waals surface area contributed by atoms with Crippen LogP contribution in [0, 0.1) is 0 Å². The molecule has 4 heteroatoms. The molecule has 3 aromatic rings. The number of rotatable bonds is 3. The Bertz CT molecular complexity index is 905. The van der Waals surface area contributed by atoms with Crippen LogP contribution < -0.4 is 0 Å². The lowest BCUT2D eigenvalue weighted by Gasteiger charge is -2.32. The number of hydrogen-bond donors (Lipinski definition) is 0. The molecule has 0 bridgehead atoms. The van der Waals surface area contributed by atoms with Crippen LogP contribution in [0.3, 0.4) is 0 Å². The number of carbonyl (C=O) groups excluding carboxylic acids is 1. The van der Waals surface area contributed by atoms with Crippen molar-refractivity contribution in [2.24, 2.45) is 0 Å². The molecule has 3 aromatic carbocycles. The van der Waals surface area contributed by atoms with Crippen molar-refractivity contribution < 1.29 is 4.79 Å². The summed E-state index contributed by atoms with van der Waals surface area (Å²) in [7, 11) is 0. The normalized spacial score (nSPS) is 13.5. The van der Waals surface area contributed by atoms with E-state index >= 15 is 0 Å². The molecule has 1 heterocycles. The van der Waals surface area contributed by atoms with Gasteiger partial charge in [0.25, 0.3) is 0 Å². The number of amides is 1. The van der Waals surface area contributed by atoms with Gasteiger partial charge >= 0.3 is 0 Å². The van der Waals surface area contributed by atoms with Gasteiger partial charge in [-0.3, -0.25) is 4.79 Å². The fourth-order valence-electron chi connectivity index (χ4n) is 3.65. The van der Waals surface area contributed by atoms with Crippen LogP contribution in [0.1, 0.15) is 28.2 Å². The first-order chi connectivity index (χ1) is 13.1. The summed E-state index contributed by atoms with van der Waals surface area (Å²) in [6.45, 7) is 1.38. The highest BCUT2D eigenvalue weighted by Crippen LogP contribution is 2.31. The zero-order valence-electron chi connectivity index (χ0n) is 14.7. The Balaban J connectivity index is 1.69. The summed E-state index contributed by atoms with van der Waals surface area (Å²) in [5.74, 6) is -0.265. The molecule has 0 atom stereocenters. The first-order valence-electron chi connectivity index (χ1n) is 8.98. The van der Waals surface area contributed by atoms with E-state index in [1.54, 1.807) is 0 Å². The van der Waals surface area contributed by atoms with Crippen molar-refractivity contribution in [2.75, 3.05) is 6.54 Å². The summed E-state index contributed by atoms with van der Waals surface area (Å²) < 4.78 is 0. The van der Waals surface area contributed by atoms with Gasteiger partial charge in [0, 0.05) is 23.1 Å². The van der Waals surface area contributed by atoms with E-state index in [2.05, 4.69) is 18.2 Å². The number of carbonyl (C=O) groups is 1. The van der Waals surface area contributed by atoms with Crippen molar-refractivity contribution in [1.29, 1.82) is 0 Å². The van der Waals surface area contributed by atoms with Crippen LogP contribution in [-0.2, 0) is 17.8 Å². The Hall–Kier alpha value is -2.29. The average Bonchev–Trinajstić information content (AvgIpc) is 2.70. The molecule has 1 aliphatic rings. The van der Waals surface area contributed by atoms with Crippen LogP contribution in [0.2, 0.25) is 10.0 Å². The third-order valence-electron chi connectivity index (χ3n) is 5.10. The van der Waals surface area contributed by atoms with Crippen LogP contribution in [0.5, 0.6) is 0 Å². The fraction of sp³-hybridized carbons (Fsp3) is 0.174. The number of nitrogens with zero attached hydrogens (tertiary/aromatic N) is 1. The van der Waals surface area contributed by atoms with Crippen LogP contribution in [0.15, 0.2) is 72.8 Å². The second-order valence-electron chi connectivity index (χ2n) is 6.81. The Labute approximate surface area is 169 Å². The smallest absolute Gasteiger partial charge is 0.234 e. The molecule has 2 nitrogen and oxygen atoms in total. The van der Waals surface area contributed by atoms with Crippen LogP contribution >= 0.6 is 23.2 Å². The molecule has 0 radical (unpaired) electrons. The maximum Gasteiger partial charge on any atom is 0.234 e. The van der Waals surface area contributed by atoms with E-state index in [-0.39, 0.29) is 11.8 Å². The molecule has 0 spiro atoms. The van der Waals surface area contributed by atoms with Crippen LogP contribution in [-0.4, -0.2) is 17.4 Å². The summed E-state index contributed by atoms with van der Waals surface area (Å²) in [6.07, 6.45) is 0.885. The quantitative estimate of drug-likeness (QED) is 0.555. The molecule has 0 aliphatic carbocycles. The van der Waals surface area contributed by atoms with Gasteiger partial charge < -0.3 is 4.90 Å². The molecule has 0 aromatic heterocycles. The second kappa shape index (κ2) is 7.75. The van der Waals surface area contributed by atoms with Gasteiger partial charge in [-0.2, -0.15) is 0 Å². The first kappa shape index (κ1) is 18.1. The molecular formula is C23H19Cl2NO. The topological polar surface area (TPSA) is 20.3 Å². The average molecular weight is 396 g/mol. The molecular weight excluding hydrogens is 377 g/mol. The highest BCUT2D eigenvalue weighted by molar-refractivity contribution is 6.30. The Kier molecular flexibility index (Phi) is 5.20. The van der Waals surface area contributed by atoms with E-state index in [0.717, 1.165) is 24.1 Å². The maximum absolute atomic E-state index is 13.5. The van der Waals surface area contributed by atoms with Gasteiger partial charge in [0.1, 0.15) is 0 Å². The van der Waals surface area contributed by atoms with Gasteiger partial charge in [-0.15, -0.1) is 0 Å². The molecule has 0 unspecified atom stereocenters. The van der Waals surface area contributed by atoms with E-state index in [1.807, 2.05) is 59.5 Å². The van der Waals surface area contributed by atoms with Crippen molar-refractivity contribution in [3.63, 3.8) is 0 Å². The number of hydrogen-bond acceptors (Lipinski definition) is 1. The molecule has 1 aliphatic heterocycles. The largest absolute Gasteiger partial charge is 0.337 e. The molecule has 4 rings (SSSR count).